The Bertz CT molecular complexity index is 816. The third-order valence-corrected chi connectivity index (χ3v) is 4.59. The highest BCUT2D eigenvalue weighted by atomic mass is 16.5. The molecule has 0 aliphatic carbocycles. The molecule has 0 spiro atoms. The van der Waals surface area contributed by atoms with Crippen LogP contribution in [0.25, 0.3) is 0 Å². The number of amides is 1. The highest BCUT2D eigenvalue weighted by Crippen LogP contribution is 2.37. The summed E-state index contributed by atoms with van der Waals surface area (Å²) < 4.78 is 5.39. The second kappa shape index (κ2) is 6.36. The number of ketones is 1. The fourth-order valence-electron chi connectivity index (χ4n) is 3.12. The Morgan fingerprint density at radius 2 is 1.76 bits per heavy atom. The summed E-state index contributed by atoms with van der Waals surface area (Å²) >= 11 is 0. The van der Waals surface area contributed by atoms with Crippen molar-refractivity contribution < 1.29 is 14.3 Å². The molecule has 0 aromatic heterocycles. The summed E-state index contributed by atoms with van der Waals surface area (Å²) in [5.41, 5.74) is 2.95. The molecule has 1 heterocycles. The van der Waals surface area contributed by atoms with E-state index in [1.807, 2.05) is 24.3 Å². The number of rotatable bonds is 2. The summed E-state index contributed by atoms with van der Waals surface area (Å²) in [6, 6.07) is 13.0. The zero-order chi connectivity index (χ0) is 18.2. The number of methoxy groups -OCH3 is 1. The fourth-order valence-corrected chi connectivity index (χ4v) is 3.12. The van der Waals surface area contributed by atoms with Gasteiger partial charge in [0.15, 0.2) is 5.78 Å². The summed E-state index contributed by atoms with van der Waals surface area (Å²) in [6.07, 6.45) is 0.325. The van der Waals surface area contributed by atoms with Gasteiger partial charge < -0.3 is 9.64 Å². The molecule has 0 saturated heterocycles. The quantitative estimate of drug-likeness (QED) is 0.824. The van der Waals surface area contributed by atoms with Gasteiger partial charge in [-0.25, -0.2) is 0 Å². The number of fused-ring (bicyclic) bond motifs is 1. The molecule has 0 bridgehead atoms. The van der Waals surface area contributed by atoms with Crippen LogP contribution in [0.15, 0.2) is 42.5 Å². The number of anilines is 1. The van der Waals surface area contributed by atoms with Gasteiger partial charge in [-0.2, -0.15) is 0 Å². The van der Waals surface area contributed by atoms with Crippen LogP contribution in [0.5, 0.6) is 5.75 Å². The molecule has 1 amide bonds. The molecule has 0 N–H and O–H groups in total. The molecule has 2 aromatic carbocycles. The van der Waals surface area contributed by atoms with Crippen molar-refractivity contribution in [2.45, 2.75) is 32.6 Å². The molecule has 4 nitrogen and oxygen atoms in total. The van der Waals surface area contributed by atoms with E-state index in [0.717, 1.165) is 0 Å². The van der Waals surface area contributed by atoms with Gasteiger partial charge in [0.05, 0.1) is 12.8 Å². The first-order valence-corrected chi connectivity index (χ1v) is 8.45. The molecule has 0 saturated carbocycles. The number of ether oxygens (including phenoxy) is 1. The lowest BCUT2D eigenvalue weighted by molar-refractivity contribution is 0.0954. The number of para-hydroxylation sites is 1. The van der Waals surface area contributed by atoms with Crippen LogP contribution in [-0.2, 0) is 5.41 Å². The van der Waals surface area contributed by atoms with Crippen molar-refractivity contribution in [3.63, 3.8) is 0 Å². The Morgan fingerprint density at radius 3 is 2.36 bits per heavy atom. The molecule has 4 heteroatoms. The predicted molar refractivity (Wildman–Crippen MR) is 98.8 cm³/mol. The topological polar surface area (TPSA) is 46.6 Å². The summed E-state index contributed by atoms with van der Waals surface area (Å²) in [7, 11) is 1.55. The number of carbonyl (C=O) groups excluding carboxylic acids is 2. The lowest BCUT2D eigenvalue weighted by Gasteiger charge is -2.30. The van der Waals surface area contributed by atoms with E-state index in [1.165, 1.54) is 5.56 Å². The van der Waals surface area contributed by atoms with Crippen LogP contribution in [-0.4, -0.2) is 25.3 Å². The Hall–Kier alpha value is -2.62. The number of hydrogen-bond donors (Lipinski definition) is 0. The van der Waals surface area contributed by atoms with E-state index in [-0.39, 0.29) is 17.1 Å². The van der Waals surface area contributed by atoms with Gasteiger partial charge in [-0.1, -0.05) is 39.0 Å². The van der Waals surface area contributed by atoms with Crippen LogP contribution in [0.2, 0.25) is 0 Å². The highest BCUT2D eigenvalue weighted by molar-refractivity contribution is 6.14. The summed E-state index contributed by atoms with van der Waals surface area (Å²) in [5, 5.41) is 0. The van der Waals surface area contributed by atoms with E-state index in [4.69, 9.17) is 4.74 Å². The average molecular weight is 337 g/mol. The Morgan fingerprint density at radius 1 is 1.08 bits per heavy atom. The zero-order valence-corrected chi connectivity index (χ0v) is 15.1. The van der Waals surface area contributed by atoms with Crippen LogP contribution in [0, 0.1) is 0 Å². The molecule has 0 unspecified atom stereocenters. The standard InChI is InChI=1S/C21H23NO3/c1-21(2,3)15-10-8-14(9-11-15)20(24)22-13-12-17(23)16-6-5-7-18(25-4)19(16)22/h5-11H,12-13H2,1-4H3. The summed E-state index contributed by atoms with van der Waals surface area (Å²) in [6.45, 7) is 6.79. The van der Waals surface area contributed by atoms with Crippen LogP contribution < -0.4 is 9.64 Å². The fraction of sp³-hybridized carbons (Fsp3) is 0.333. The lowest BCUT2D eigenvalue weighted by Crippen LogP contribution is -2.37. The molecule has 0 atom stereocenters. The minimum absolute atomic E-state index is 0.0366. The molecule has 3 rings (SSSR count). The largest absolute Gasteiger partial charge is 0.495 e. The number of hydrogen-bond acceptors (Lipinski definition) is 3. The molecule has 1 aliphatic rings. The molecule has 0 radical (unpaired) electrons. The predicted octanol–water partition coefficient (Wildman–Crippen LogP) is 4.23. The third-order valence-electron chi connectivity index (χ3n) is 4.59. The molecule has 25 heavy (non-hydrogen) atoms. The van der Waals surface area contributed by atoms with Gasteiger partial charge in [-0.05, 0) is 35.2 Å². The monoisotopic (exact) mass is 337 g/mol. The molecule has 0 fully saturated rings. The minimum Gasteiger partial charge on any atom is -0.495 e. The molecular formula is C21H23NO3. The van der Waals surface area contributed by atoms with E-state index in [2.05, 4.69) is 20.8 Å². The van der Waals surface area contributed by atoms with E-state index >= 15 is 0 Å². The highest BCUT2D eigenvalue weighted by Gasteiger charge is 2.30. The van der Waals surface area contributed by atoms with Gasteiger partial charge in [0, 0.05) is 24.1 Å². The number of Topliss-reactive ketones (excluding diaryl/α,β-unsaturated/α-hetero) is 1. The van der Waals surface area contributed by atoms with Crippen molar-refractivity contribution >= 4 is 17.4 Å². The summed E-state index contributed by atoms with van der Waals surface area (Å²) in [4.78, 5) is 26.9. The van der Waals surface area contributed by atoms with E-state index in [9.17, 15) is 9.59 Å². The van der Waals surface area contributed by atoms with Gasteiger partial charge in [0.2, 0.25) is 0 Å². The average Bonchev–Trinajstić information content (AvgIpc) is 2.60. The van der Waals surface area contributed by atoms with Gasteiger partial charge >= 0.3 is 0 Å². The number of nitrogens with zero attached hydrogens (tertiary/aromatic N) is 1. The molecular weight excluding hydrogens is 314 g/mol. The van der Waals surface area contributed by atoms with Crippen LogP contribution in [0.1, 0.15) is 53.5 Å². The van der Waals surface area contributed by atoms with Crippen molar-refractivity contribution in [2.75, 3.05) is 18.6 Å². The SMILES string of the molecule is COc1cccc2c1N(C(=O)c1ccc(C(C)(C)C)cc1)CCC2=O. The van der Waals surface area contributed by atoms with Crippen LogP contribution in [0.3, 0.4) is 0 Å². The van der Waals surface area contributed by atoms with Crippen molar-refractivity contribution in [3.8, 4) is 5.75 Å². The van der Waals surface area contributed by atoms with Crippen molar-refractivity contribution in [1.82, 2.24) is 0 Å². The Kier molecular flexibility index (Phi) is 4.38. The molecule has 1 aliphatic heterocycles. The van der Waals surface area contributed by atoms with Gasteiger partial charge in [0.25, 0.3) is 5.91 Å². The Balaban J connectivity index is 1.99. The zero-order valence-electron chi connectivity index (χ0n) is 15.1. The maximum Gasteiger partial charge on any atom is 0.258 e. The van der Waals surface area contributed by atoms with Crippen LogP contribution >= 0.6 is 0 Å². The first kappa shape index (κ1) is 17.2. The maximum atomic E-state index is 13.1. The van der Waals surface area contributed by atoms with Gasteiger partial charge in [-0.15, -0.1) is 0 Å². The number of benzene rings is 2. The van der Waals surface area contributed by atoms with Gasteiger partial charge in [-0.3, -0.25) is 9.59 Å². The first-order chi connectivity index (χ1) is 11.8. The van der Waals surface area contributed by atoms with E-state index in [0.29, 0.717) is 35.5 Å². The lowest BCUT2D eigenvalue weighted by atomic mass is 9.86. The van der Waals surface area contributed by atoms with E-state index < -0.39 is 0 Å². The smallest absolute Gasteiger partial charge is 0.258 e. The normalized spacial score (nSPS) is 14.2. The van der Waals surface area contributed by atoms with Crippen molar-refractivity contribution in [2.24, 2.45) is 0 Å². The van der Waals surface area contributed by atoms with E-state index in [1.54, 1.807) is 30.2 Å². The second-order valence-corrected chi connectivity index (χ2v) is 7.31. The van der Waals surface area contributed by atoms with Crippen molar-refractivity contribution in [1.29, 1.82) is 0 Å². The first-order valence-electron chi connectivity index (χ1n) is 8.45. The van der Waals surface area contributed by atoms with Crippen LogP contribution in [0.4, 0.5) is 5.69 Å². The minimum atomic E-state index is -0.112. The number of carbonyl (C=O) groups is 2. The summed E-state index contributed by atoms with van der Waals surface area (Å²) in [5.74, 6) is 0.477. The molecule has 130 valence electrons. The molecule has 2 aromatic rings. The maximum absolute atomic E-state index is 13.1. The third kappa shape index (κ3) is 3.16. The second-order valence-electron chi connectivity index (χ2n) is 7.31. The van der Waals surface area contributed by atoms with Gasteiger partial charge in [0.1, 0.15) is 5.75 Å². The Labute approximate surface area is 148 Å². The van der Waals surface area contributed by atoms with Crippen molar-refractivity contribution in [3.05, 3.63) is 59.2 Å².